The fourth-order valence-corrected chi connectivity index (χ4v) is 2.28. The predicted molar refractivity (Wildman–Crippen MR) is 73.6 cm³/mol. The van der Waals surface area contributed by atoms with Crippen LogP contribution < -0.4 is 5.73 Å². The number of hydrogen-bond acceptors (Lipinski definition) is 2. The summed E-state index contributed by atoms with van der Waals surface area (Å²) in [6.07, 6.45) is -4.40. The largest absolute Gasteiger partial charge is 0.416 e. The second kappa shape index (κ2) is 5.21. The van der Waals surface area contributed by atoms with Crippen molar-refractivity contribution in [3.05, 3.63) is 45.2 Å². The smallest absolute Gasteiger partial charge is 0.326 e. The summed E-state index contributed by atoms with van der Waals surface area (Å²) in [6.45, 7) is 3.48. The molecular weight excluding hydrogens is 335 g/mol. The molecule has 0 aliphatic carbocycles. The maximum absolute atomic E-state index is 12.8. The zero-order valence-corrected chi connectivity index (χ0v) is 12.5. The summed E-state index contributed by atoms with van der Waals surface area (Å²) in [5.41, 5.74) is 6.94. The van der Waals surface area contributed by atoms with Crippen molar-refractivity contribution in [1.29, 1.82) is 0 Å². The van der Waals surface area contributed by atoms with Crippen LogP contribution in [-0.2, 0) is 12.7 Å². The monoisotopic (exact) mass is 347 g/mol. The average molecular weight is 348 g/mol. The highest BCUT2D eigenvalue weighted by Crippen LogP contribution is 2.33. The van der Waals surface area contributed by atoms with Gasteiger partial charge in [-0.25, -0.2) is 4.68 Å². The van der Waals surface area contributed by atoms with Crippen LogP contribution in [0.1, 0.15) is 22.5 Å². The highest BCUT2D eigenvalue weighted by molar-refractivity contribution is 9.10. The number of halogens is 4. The van der Waals surface area contributed by atoms with Crippen molar-refractivity contribution in [3.8, 4) is 5.69 Å². The number of hydrogen-bond donors (Lipinski definition) is 1. The molecule has 1 heterocycles. The van der Waals surface area contributed by atoms with Crippen LogP contribution in [0.4, 0.5) is 13.2 Å². The first-order chi connectivity index (χ1) is 9.25. The Hall–Kier alpha value is -1.34. The topological polar surface area (TPSA) is 43.8 Å². The first-order valence-electron chi connectivity index (χ1n) is 5.88. The fraction of sp³-hybridized carbons (Fsp3) is 0.308. The Morgan fingerprint density at radius 3 is 2.40 bits per heavy atom. The molecule has 2 rings (SSSR count). The molecule has 1 aromatic heterocycles. The molecular formula is C13H13BrF3N3. The Morgan fingerprint density at radius 2 is 1.95 bits per heavy atom. The molecule has 7 heteroatoms. The van der Waals surface area contributed by atoms with E-state index in [-0.39, 0.29) is 12.1 Å². The lowest BCUT2D eigenvalue weighted by Crippen LogP contribution is -2.13. The average Bonchev–Trinajstić information content (AvgIpc) is 2.64. The predicted octanol–water partition coefficient (Wildman–Crippen LogP) is 3.73. The molecule has 20 heavy (non-hydrogen) atoms. The SMILES string of the molecule is Cc1nn(-c2ccc(C(F)(F)F)c(CN)c2)c(C)c1Br. The maximum atomic E-state index is 12.8. The van der Waals surface area contributed by atoms with E-state index in [9.17, 15) is 13.2 Å². The lowest BCUT2D eigenvalue weighted by molar-refractivity contribution is -0.138. The first-order valence-corrected chi connectivity index (χ1v) is 6.67. The van der Waals surface area contributed by atoms with E-state index in [1.165, 1.54) is 12.1 Å². The van der Waals surface area contributed by atoms with Gasteiger partial charge in [-0.05, 0) is 53.5 Å². The van der Waals surface area contributed by atoms with Crippen molar-refractivity contribution in [2.75, 3.05) is 0 Å². The van der Waals surface area contributed by atoms with Crippen molar-refractivity contribution in [2.24, 2.45) is 5.73 Å². The summed E-state index contributed by atoms with van der Waals surface area (Å²) < 4.78 is 40.9. The first kappa shape index (κ1) is 15.1. The van der Waals surface area contributed by atoms with Crippen molar-refractivity contribution >= 4 is 15.9 Å². The van der Waals surface area contributed by atoms with Crippen LogP contribution in [-0.4, -0.2) is 9.78 Å². The van der Waals surface area contributed by atoms with E-state index in [0.717, 1.165) is 21.9 Å². The third-order valence-corrected chi connectivity index (χ3v) is 4.21. The van der Waals surface area contributed by atoms with Crippen LogP contribution in [0.25, 0.3) is 5.69 Å². The van der Waals surface area contributed by atoms with Gasteiger partial charge in [-0.3, -0.25) is 0 Å². The number of aromatic nitrogens is 2. The minimum Gasteiger partial charge on any atom is -0.326 e. The van der Waals surface area contributed by atoms with Crippen molar-refractivity contribution in [3.63, 3.8) is 0 Å². The Bertz CT molecular complexity index is 647. The summed E-state index contributed by atoms with van der Waals surface area (Å²) in [4.78, 5) is 0. The number of rotatable bonds is 2. The van der Waals surface area contributed by atoms with Gasteiger partial charge < -0.3 is 5.73 Å². The van der Waals surface area contributed by atoms with Crippen LogP contribution >= 0.6 is 15.9 Å². The van der Waals surface area contributed by atoms with Gasteiger partial charge in [0, 0.05) is 6.54 Å². The second-order valence-electron chi connectivity index (χ2n) is 4.44. The number of nitrogens with two attached hydrogens (primary N) is 1. The second-order valence-corrected chi connectivity index (χ2v) is 5.23. The Kier molecular flexibility index (Phi) is 3.93. The number of nitrogens with zero attached hydrogens (tertiary/aromatic N) is 2. The van der Waals surface area contributed by atoms with Gasteiger partial charge in [-0.2, -0.15) is 18.3 Å². The minimum atomic E-state index is -4.40. The van der Waals surface area contributed by atoms with Crippen molar-refractivity contribution < 1.29 is 13.2 Å². The zero-order valence-electron chi connectivity index (χ0n) is 10.9. The van der Waals surface area contributed by atoms with Crippen LogP contribution in [0.3, 0.4) is 0 Å². The summed E-state index contributed by atoms with van der Waals surface area (Å²) >= 11 is 3.39. The maximum Gasteiger partial charge on any atom is 0.416 e. The molecule has 0 saturated carbocycles. The highest BCUT2D eigenvalue weighted by Gasteiger charge is 2.33. The minimum absolute atomic E-state index is 0.0543. The van der Waals surface area contributed by atoms with Crippen LogP contribution in [0.2, 0.25) is 0 Å². The van der Waals surface area contributed by atoms with Gasteiger partial charge >= 0.3 is 6.18 Å². The summed E-state index contributed by atoms with van der Waals surface area (Å²) in [7, 11) is 0. The van der Waals surface area contributed by atoms with E-state index >= 15 is 0 Å². The van der Waals surface area contributed by atoms with E-state index in [2.05, 4.69) is 21.0 Å². The molecule has 0 aliphatic rings. The van der Waals surface area contributed by atoms with Gasteiger partial charge in [0.05, 0.1) is 27.1 Å². The standard InChI is InChI=1S/C13H13BrF3N3/c1-7-12(14)8(2)20(19-7)10-3-4-11(13(15,16)17)9(5-10)6-18/h3-5H,6,18H2,1-2H3. The molecule has 0 radical (unpaired) electrons. The number of benzene rings is 1. The van der Waals surface area contributed by atoms with Gasteiger partial charge in [-0.15, -0.1) is 0 Å². The molecule has 0 unspecified atom stereocenters. The third-order valence-electron chi connectivity index (χ3n) is 3.06. The highest BCUT2D eigenvalue weighted by atomic mass is 79.9. The Balaban J connectivity index is 2.57. The zero-order chi connectivity index (χ0) is 15.1. The normalized spacial score (nSPS) is 11.9. The molecule has 0 atom stereocenters. The molecule has 0 saturated heterocycles. The molecule has 108 valence electrons. The van der Waals surface area contributed by atoms with Gasteiger partial charge in [0.2, 0.25) is 0 Å². The van der Waals surface area contributed by atoms with E-state index in [1.54, 1.807) is 4.68 Å². The van der Waals surface area contributed by atoms with Crippen LogP contribution in [0, 0.1) is 13.8 Å². The molecule has 0 aliphatic heterocycles. The molecule has 2 aromatic rings. The molecule has 0 fully saturated rings. The van der Waals surface area contributed by atoms with Gasteiger partial charge in [0.1, 0.15) is 0 Å². The van der Waals surface area contributed by atoms with Crippen molar-refractivity contribution in [2.45, 2.75) is 26.6 Å². The fourth-order valence-electron chi connectivity index (χ4n) is 2.03. The quantitative estimate of drug-likeness (QED) is 0.899. The van der Waals surface area contributed by atoms with E-state index in [1.807, 2.05) is 13.8 Å². The van der Waals surface area contributed by atoms with Gasteiger partial charge in [0.15, 0.2) is 0 Å². The molecule has 0 bridgehead atoms. The lowest BCUT2D eigenvalue weighted by atomic mass is 10.1. The number of alkyl halides is 3. The van der Waals surface area contributed by atoms with E-state index in [4.69, 9.17) is 5.73 Å². The summed E-state index contributed by atoms with van der Waals surface area (Å²) in [5, 5.41) is 4.29. The Morgan fingerprint density at radius 1 is 1.30 bits per heavy atom. The molecule has 2 N–H and O–H groups in total. The van der Waals surface area contributed by atoms with Crippen molar-refractivity contribution in [1.82, 2.24) is 9.78 Å². The Labute approximate surface area is 122 Å². The van der Waals surface area contributed by atoms with Crippen LogP contribution in [0.15, 0.2) is 22.7 Å². The van der Waals surface area contributed by atoms with E-state index < -0.39 is 11.7 Å². The summed E-state index contributed by atoms with van der Waals surface area (Å²) in [5.74, 6) is 0. The molecule has 0 spiro atoms. The van der Waals surface area contributed by atoms with Gasteiger partial charge in [-0.1, -0.05) is 0 Å². The number of aryl methyl sites for hydroxylation is 1. The summed E-state index contributed by atoms with van der Waals surface area (Å²) in [6, 6.07) is 3.87. The molecule has 1 aromatic carbocycles. The molecule has 0 amide bonds. The van der Waals surface area contributed by atoms with Gasteiger partial charge in [0.25, 0.3) is 0 Å². The lowest BCUT2D eigenvalue weighted by Gasteiger charge is -2.14. The molecule has 3 nitrogen and oxygen atoms in total. The van der Waals surface area contributed by atoms with Crippen LogP contribution in [0.5, 0.6) is 0 Å². The third kappa shape index (κ3) is 2.60. The van der Waals surface area contributed by atoms with E-state index in [0.29, 0.717) is 5.69 Å².